The lowest BCUT2D eigenvalue weighted by Crippen LogP contribution is -1.97. The van der Waals surface area contributed by atoms with Crippen molar-refractivity contribution in [3.8, 4) is 11.6 Å². The van der Waals surface area contributed by atoms with Crippen molar-refractivity contribution in [2.75, 3.05) is 5.75 Å². The highest BCUT2D eigenvalue weighted by atomic mass is 32.2. The fourth-order valence-electron chi connectivity index (χ4n) is 2.68. The predicted octanol–water partition coefficient (Wildman–Crippen LogP) is 4.96. The van der Waals surface area contributed by atoms with Crippen molar-refractivity contribution in [3.63, 3.8) is 0 Å². The molecule has 0 bridgehead atoms. The molecule has 0 unspecified atom stereocenters. The van der Waals surface area contributed by atoms with Crippen LogP contribution < -0.4 is 4.74 Å². The zero-order valence-electron chi connectivity index (χ0n) is 16.7. The van der Waals surface area contributed by atoms with Crippen molar-refractivity contribution in [3.05, 3.63) is 77.0 Å². The Hall–Kier alpha value is -3.06. The summed E-state index contributed by atoms with van der Waals surface area (Å²) in [4.78, 5) is 17.3. The molecule has 3 rings (SSSR count). The maximum absolute atomic E-state index is 11.9. The maximum Gasteiger partial charge on any atom is 0.226 e. The minimum Gasteiger partial charge on any atom is -0.439 e. The first-order valence-corrected chi connectivity index (χ1v) is 10.2. The summed E-state index contributed by atoms with van der Waals surface area (Å²) >= 11 is 1.30. The summed E-state index contributed by atoms with van der Waals surface area (Å²) in [7, 11) is 1.82. The highest BCUT2D eigenvalue weighted by Crippen LogP contribution is 2.25. The van der Waals surface area contributed by atoms with Crippen LogP contribution in [0.4, 0.5) is 0 Å². The Morgan fingerprint density at radius 3 is 2.59 bits per heavy atom. The highest BCUT2D eigenvalue weighted by Gasteiger charge is 2.14. The van der Waals surface area contributed by atoms with E-state index in [0.717, 1.165) is 28.3 Å². The van der Waals surface area contributed by atoms with E-state index in [4.69, 9.17) is 9.57 Å². The van der Waals surface area contributed by atoms with Crippen LogP contribution in [0.2, 0.25) is 0 Å². The molecule has 1 aromatic heterocycles. The number of ether oxygens (including phenoxy) is 1. The van der Waals surface area contributed by atoms with Crippen LogP contribution in [-0.2, 0) is 18.5 Å². The number of benzene rings is 2. The van der Waals surface area contributed by atoms with Gasteiger partial charge in [-0.1, -0.05) is 66.3 Å². The van der Waals surface area contributed by atoms with E-state index < -0.39 is 0 Å². The number of para-hydroxylation sites is 1. The van der Waals surface area contributed by atoms with Crippen molar-refractivity contribution < 1.29 is 14.4 Å². The van der Waals surface area contributed by atoms with Crippen LogP contribution in [-0.4, -0.2) is 26.9 Å². The van der Waals surface area contributed by atoms with Crippen LogP contribution in [0, 0.1) is 6.92 Å². The Morgan fingerprint density at radius 1 is 1.17 bits per heavy atom. The van der Waals surface area contributed by atoms with Crippen LogP contribution in [0.15, 0.2) is 59.8 Å². The Balaban J connectivity index is 1.63. The second-order valence-electron chi connectivity index (χ2n) is 6.27. The normalized spacial score (nSPS) is 11.0. The van der Waals surface area contributed by atoms with E-state index in [1.165, 1.54) is 11.8 Å². The second-order valence-corrected chi connectivity index (χ2v) is 7.51. The van der Waals surface area contributed by atoms with Crippen molar-refractivity contribution in [1.29, 1.82) is 0 Å². The first kappa shape index (κ1) is 20.7. The topological polar surface area (TPSA) is 65.7 Å². The fraction of sp³-hybridized carbons (Fsp3) is 0.227. The lowest BCUT2D eigenvalue weighted by atomic mass is 10.2. The molecule has 0 aliphatic carbocycles. The van der Waals surface area contributed by atoms with Gasteiger partial charge in [0.05, 0.1) is 17.5 Å². The zero-order chi connectivity index (χ0) is 20.6. The molecule has 0 N–H and O–H groups in total. The quantitative estimate of drug-likeness (QED) is 0.388. The molecule has 0 fully saturated rings. The molecule has 0 amide bonds. The summed E-state index contributed by atoms with van der Waals surface area (Å²) in [5.74, 6) is 2.08. The van der Waals surface area contributed by atoms with Crippen molar-refractivity contribution >= 4 is 23.1 Å². The minimum atomic E-state index is 0.0796. The Bertz CT molecular complexity index is 983. The number of aromatic nitrogens is 2. The van der Waals surface area contributed by atoms with E-state index in [-0.39, 0.29) is 5.12 Å². The van der Waals surface area contributed by atoms with Gasteiger partial charge in [0.1, 0.15) is 12.4 Å². The van der Waals surface area contributed by atoms with Gasteiger partial charge in [0.25, 0.3) is 0 Å². The zero-order valence-corrected chi connectivity index (χ0v) is 17.5. The molecule has 0 spiro atoms. The average molecular weight is 410 g/mol. The molecular weight excluding hydrogens is 386 g/mol. The molecule has 6 nitrogen and oxygen atoms in total. The first-order chi connectivity index (χ1) is 14.1. The summed E-state index contributed by atoms with van der Waals surface area (Å²) in [6.07, 6.45) is 1.61. The number of aryl methyl sites for hydroxylation is 2. The van der Waals surface area contributed by atoms with Gasteiger partial charge in [0.15, 0.2) is 0 Å². The standard InChI is InChI=1S/C22H23N3O3S/c1-4-29-22(26)18-12-10-17(11-13-18)15-27-23-14-20-16(2)24-25(3)21(20)28-19-8-6-5-7-9-19/h5-14H,4,15H2,1-3H3. The summed E-state index contributed by atoms with van der Waals surface area (Å²) in [6.45, 7) is 4.16. The molecule has 0 radical (unpaired) electrons. The van der Waals surface area contributed by atoms with E-state index in [1.54, 1.807) is 10.9 Å². The Morgan fingerprint density at radius 2 is 1.90 bits per heavy atom. The van der Waals surface area contributed by atoms with Gasteiger partial charge in [-0.15, -0.1) is 0 Å². The third-order valence-corrected chi connectivity index (χ3v) is 4.91. The molecule has 0 aliphatic rings. The SMILES string of the molecule is CCSC(=O)c1ccc(CON=Cc2c(C)nn(C)c2Oc2ccccc2)cc1. The van der Waals surface area contributed by atoms with E-state index in [9.17, 15) is 4.79 Å². The lowest BCUT2D eigenvalue weighted by Gasteiger charge is -2.06. The largest absolute Gasteiger partial charge is 0.439 e. The van der Waals surface area contributed by atoms with Crippen molar-refractivity contribution in [1.82, 2.24) is 9.78 Å². The van der Waals surface area contributed by atoms with Gasteiger partial charge < -0.3 is 9.57 Å². The van der Waals surface area contributed by atoms with Crippen molar-refractivity contribution in [2.45, 2.75) is 20.5 Å². The van der Waals surface area contributed by atoms with Crippen LogP contribution in [0.1, 0.15) is 34.1 Å². The van der Waals surface area contributed by atoms with E-state index in [1.807, 2.05) is 75.5 Å². The smallest absolute Gasteiger partial charge is 0.226 e. The Labute approximate surface area is 174 Å². The van der Waals surface area contributed by atoms with Crippen LogP contribution >= 0.6 is 11.8 Å². The summed E-state index contributed by atoms with van der Waals surface area (Å²) < 4.78 is 7.63. The second kappa shape index (κ2) is 9.93. The van der Waals surface area contributed by atoms with Crippen LogP contribution in [0.25, 0.3) is 0 Å². The molecule has 1 heterocycles. The number of carbonyl (C=O) groups excluding carboxylic acids is 1. The minimum absolute atomic E-state index is 0.0796. The molecule has 0 saturated heterocycles. The number of carbonyl (C=O) groups is 1. The number of hydrogen-bond acceptors (Lipinski definition) is 6. The number of rotatable bonds is 8. The molecule has 0 aliphatic heterocycles. The van der Waals surface area contributed by atoms with E-state index in [2.05, 4.69) is 10.3 Å². The first-order valence-electron chi connectivity index (χ1n) is 9.26. The molecule has 3 aromatic rings. The molecule has 7 heteroatoms. The highest BCUT2D eigenvalue weighted by molar-refractivity contribution is 8.14. The van der Waals surface area contributed by atoms with E-state index >= 15 is 0 Å². The van der Waals surface area contributed by atoms with Gasteiger partial charge in [-0.25, -0.2) is 4.68 Å². The van der Waals surface area contributed by atoms with Gasteiger partial charge in [-0.2, -0.15) is 5.10 Å². The third kappa shape index (κ3) is 5.48. The molecule has 0 atom stereocenters. The monoisotopic (exact) mass is 409 g/mol. The molecule has 29 heavy (non-hydrogen) atoms. The maximum atomic E-state index is 11.9. The van der Waals surface area contributed by atoms with Crippen LogP contribution in [0.3, 0.4) is 0 Å². The van der Waals surface area contributed by atoms with Gasteiger partial charge in [0.2, 0.25) is 11.0 Å². The molecular formula is C22H23N3O3S. The number of hydrogen-bond donors (Lipinski definition) is 0. The molecule has 150 valence electrons. The average Bonchev–Trinajstić information content (AvgIpc) is 2.99. The Kier molecular flexibility index (Phi) is 7.08. The molecule has 0 saturated carbocycles. The summed E-state index contributed by atoms with van der Waals surface area (Å²) in [6, 6.07) is 16.9. The van der Waals surface area contributed by atoms with Gasteiger partial charge >= 0.3 is 0 Å². The van der Waals surface area contributed by atoms with Gasteiger partial charge in [0, 0.05) is 12.6 Å². The van der Waals surface area contributed by atoms with E-state index in [0.29, 0.717) is 18.1 Å². The number of oxime groups is 1. The number of thioether (sulfide) groups is 1. The predicted molar refractivity (Wildman–Crippen MR) is 116 cm³/mol. The fourth-order valence-corrected chi connectivity index (χ4v) is 3.24. The summed E-state index contributed by atoms with van der Waals surface area (Å²) in [5, 5.41) is 8.55. The lowest BCUT2D eigenvalue weighted by molar-refractivity contribution is 0.108. The molecule has 2 aromatic carbocycles. The van der Waals surface area contributed by atoms with Crippen LogP contribution in [0.5, 0.6) is 11.6 Å². The third-order valence-electron chi connectivity index (χ3n) is 4.12. The van der Waals surface area contributed by atoms with Crippen molar-refractivity contribution in [2.24, 2.45) is 12.2 Å². The van der Waals surface area contributed by atoms with Gasteiger partial charge in [-0.05, 0) is 30.4 Å². The summed E-state index contributed by atoms with van der Waals surface area (Å²) in [5.41, 5.74) is 3.18. The van der Waals surface area contributed by atoms with Gasteiger partial charge in [-0.3, -0.25) is 4.79 Å². The number of nitrogens with zero attached hydrogens (tertiary/aromatic N) is 3.